The average Bonchev–Trinajstić information content (AvgIpc) is 2.56. The third kappa shape index (κ3) is 5.32. The van der Waals surface area contributed by atoms with E-state index in [1.165, 1.54) is 0 Å². The predicted molar refractivity (Wildman–Crippen MR) is 97.3 cm³/mol. The molecule has 0 spiro atoms. The number of esters is 2. The molecule has 132 valence electrons. The lowest BCUT2D eigenvalue weighted by Gasteiger charge is -2.11. The zero-order valence-electron chi connectivity index (χ0n) is 14.2. The molecule has 0 saturated heterocycles. The Balaban J connectivity index is 2.13. The van der Waals surface area contributed by atoms with Crippen molar-refractivity contribution in [2.75, 3.05) is 6.61 Å². The largest absolute Gasteiger partial charge is 0.493 e. The second-order valence-corrected chi connectivity index (χ2v) is 6.36. The van der Waals surface area contributed by atoms with Gasteiger partial charge in [-0.25, -0.2) is 9.59 Å². The Morgan fingerprint density at radius 3 is 2.32 bits per heavy atom. The Kier molecular flexibility index (Phi) is 6.58. The van der Waals surface area contributed by atoms with Crippen LogP contribution < -0.4 is 9.47 Å². The lowest BCUT2D eigenvalue weighted by molar-refractivity contribution is 0.0378. The maximum Gasteiger partial charge on any atom is 0.347 e. The number of carbonyl (C=O) groups is 2. The first-order chi connectivity index (χ1) is 11.9. The molecule has 2 rings (SSSR count). The summed E-state index contributed by atoms with van der Waals surface area (Å²) in [7, 11) is 0. The molecule has 2 aromatic carbocycles. The highest BCUT2D eigenvalue weighted by Gasteiger charge is 2.16. The van der Waals surface area contributed by atoms with Gasteiger partial charge in [-0.2, -0.15) is 0 Å². The van der Waals surface area contributed by atoms with E-state index in [9.17, 15) is 9.59 Å². The molecule has 0 aromatic heterocycles. The molecule has 25 heavy (non-hydrogen) atoms. The molecule has 0 aliphatic carbocycles. The molecule has 0 aliphatic rings. The fourth-order valence-electron chi connectivity index (χ4n) is 2.05. The van der Waals surface area contributed by atoms with Gasteiger partial charge in [0.2, 0.25) is 0 Å². The second-order valence-electron chi connectivity index (χ2n) is 5.44. The molecule has 0 saturated carbocycles. The quantitative estimate of drug-likeness (QED) is 0.516. The van der Waals surface area contributed by atoms with Gasteiger partial charge in [0.1, 0.15) is 17.1 Å². The van der Waals surface area contributed by atoms with Crippen molar-refractivity contribution in [1.82, 2.24) is 0 Å². The molecule has 0 unspecified atom stereocenters. The highest BCUT2D eigenvalue weighted by molar-refractivity contribution is 9.10. The molecule has 0 heterocycles. The number of carbonyl (C=O) groups excluding carboxylic acids is 2. The van der Waals surface area contributed by atoms with Crippen molar-refractivity contribution in [2.24, 2.45) is 0 Å². The van der Waals surface area contributed by atoms with Gasteiger partial charge in [0.25, 0.3) is 0 Å². The smallest absolute Gasteiger partial charge is 0.347 e. The van der Waals surface area contributed by atoms with Gasteiger partial charge in [-0.05, 0) is 63.2 Å². The standard InChI is InChI=1S/C19H19BrO5/c1-4-23-17-10-7-14(20)11-16(17)19(22)25-15-8-5-13(6-9-15)18(21)24-12(2)3/h5-12H,4H2,1-3H3. The van der Waals surface area contributed by atoms with Crippen LogP contribution in [-0.4, -0.2) is 24.6 Å². The fraction of sp³-hybridized carbons (Fsp3) is 0.263. The number of rotatable bonds is 6. The van der Waals surface area contributed by atoms with E-state index in [1.807, 2.05) is 6.92 Å². The van der Waals surface area contributed by atoms with Crippen molar-refractivity contribution in [3.05, 3.63) is 58.1 Å². The van der Waals surface area contributed by atoms with Gasteiger partial charge in [-0.15, -0.1) is 0 Å². The van der Waals surface area contributed by atoms with Gasteiger partial charge in [-0.1, -0.05) is 15.9 Å². The summed E-state index contributed by atoms with van der Waals surface area (Å²) >= 11 is 3.33. The van der Waals surface area contributed by atoms with Crippen molar-refractivity contribution in [1.29, 1.82) is 0 Å². The van der Waals surface area contributed by atoms with Crippen LogP contribution in [-0.2, 0) is 4.74 Å². The maximum absolute atomic E-state index is 12.4. The summed E-state index contributed by atoms with van der Waals surface area (Å²) in [5, 5.41) is 0. The van der Waals surface area contributed by atoms with Crippen molar-refractivity contribution < 1.29 is 23.8 Å². The Bertz CT molecular complexity index is 753. The van der Waals surface area contributed by atoms with E-state index < -0.39 is 11.9 Å². The summed E-state index contributed by atoms with van der Waals surface area (Å²) in [5.41, 5.74) is 0.713. The summed E-state index contributed by atoms with van der Waals surface area (Å²) in [6.07, 6.45) is -0.196. The monoisotopic (exact) mass is 406 g/mol. The van der Waals surface area contributed by atoms with Crippen molar-refractivity contribution in [3.8, 4) is 11.5 Å². The van der Waals surface area contributed by atoms with Crippen LogP contribution in [0.25, 0.3) is 0 Å². The first kappa shape index (κ1) is 19.0. The maximum atomic E-state index is 12.4. The van der Waals surface area contributed by atoms with Crippen molar-refractivity contribution in [2.45, 2.75) is 26.9 Å². The van der Waals surface area contributed by atoms with Crippen LogP contribution in [0, 0.1) is 0 Å². The van der Waals surface area contributed by atoms with Crippen LogP contribution in [0.3, 0.4) is 0 Å². The van der Waals surface area contributed by atoms with E-state index in [4.69, 9.17) is 14.2 Å². The third-order valence-corrected chi connectivity index (χ3v) is 3.60. The normalized spacial score (nSPS) is 10.4. The minimum absolute atomic E-state index is 0.196. The van der Waals surface area contributed by atoms with Crippen molar-refractivity contribution >= 4 is 27.9 Å². The van der Waals surface area contributed by atoms with Gasteiger partial charge in [0.15, 0.2) is 0 Å². The van der Waals surface area contributed by atoms with E-state index >= 15 is 0 Å². The molecule has 0 aliphatic heterocycles. The fourth-order valence-corrected chi connectivity index (χ4v) is 2.41. The second kappa shape index (κ2) is 8.67. The van der Waals surface area contributed by atoms with Crippen LogP contribution in [0.4, 0.5) is 0 Å². The molecule has 0 atom stereocenters. The zero-order valence-corrected chi connectivity index (χ0v) is 15.8. The first-order valence-electron chi connectivity index (χ1n) is 7.86. The molecule has 0 amide bonds. The number of hydrogen-bond donors (Lipinski definition) is 0. The Hall–Kier alpha value is -2.34. The predicted octanol–water partition coefficient (Wildman–Crippen LogP) is 4.63. The van der Waals surface area contributed by atoms with Gasteiger partial charge in [0.05, 0.1) is 18.3 Å². The van der Waals surface area contributed by atoms with Crippen molar-refractivity contribution in [3.63, 3.8) is 0 Å². The summed E-state index contributed by atoms with van der Waals surface area (Å²) < 4.78 is 16.7. The minimum Gasteiger partial charge on any atom is -0.493 e. The molecule has 0 fully saturated rings. The molecule has 2 aromatic rings. The van der Waals surface area contributed by atoms with E-state index in [0.717, 1.165) is 4.47 Å². The van der Waals surface area contributed by atoms with E-state index in [-0.39, 0.29) is 6.10 Å². The van der Waals surface area contributed by atoms with Crippen LogP contribution in [0.2, 0.25) is 0 Å². The topological polar surface area (TPSA) is 61.8 Å². The lowest BCUT2D eigenvalue weighted by atomic mass is 10.2. The number of ether oxygens (including phenoxy) is 3. The number of hydrogen-bond acceptors (Lipinski definition) is 5. The molecule has 0 radical (unpaired) electrons. The Morgan fingerprint density at radius 2 is 1.72 bits per heavy atom. The number of benzene rings is 2. The molecular formula is C19H19BrO5. The number of halogens is 1. The minimum atomic E-state index is -0.540. The highest BCUT2D eigenvalue weighted by atomic mass is 79.9. The van der Waals surface area contributed by atoms with Gasteiger partial charge in [0, 0.05) is 4.47 Å². The summed E-state index contributed by atoms with van der Waals surface area (Å²) in [4.78, 5) is 24.2. The highest BCUT2D eigenvalue weighted by Crippen LogP contribution is 2.25. The molecular weight excluding hydrogens is 388 g/mol. The van der Waals surface area contributed by atoms with E-state index in [2.05, 4.69) is 15.9 Å². The Labute approximate surface area is 155 Å². The van der Waals surface area contributed by atoms with Crippen LogP contribution >= 0.6 is 15.9 Å². The zero-order chi connectivity index (χ0) is 18.4. The van der Waals surface area contributed by atoms with E-state index in [1.54, 1.807) is 56.3 Å². The molecule has 0 bridgehead atoms. The van der Waals surface area contributed by atoms with Crippen LogP contribution in [0.1, 0.15) is 41.5 Å². The van der Waals surface area contributed by atoms with Gasteiger partial charge < -0.3 is 14.2 Å². The van der Waals surface area contributed by atoms with E-state index in [0.29, 0.717) is 29.2 Å². The Morgan fingerprint density at radius 1 is 1.04 bits per heavy atom. The summed E-state index contributed by atoms with van der Waals surface area (Å²) in [6.45, 7) is 5.84. The lowest BCUT2D eigenvalue weighted by Crippen LogP contribution is -2.12. The van der Waals surface area contributed by atoms with Gasteiger partial charge in [-0.3, -0.25) is 0 Å². The summed E-state index contributed by atoms with van der Waals surface area (Å²) in [6, 6.07) is 11.3. The SMILES string of the molecule is CCOc1ccc(Br)cc1C(=O)Oc1ccc(C(=O)OC(C)C)cc1. The summed E-state index contributed by atoms with van der Waals surface area (Å²) in [5.74, 6) is -0.179. The first-order valence-corrected chi connectivity index (χ1v) is 8.65. The molecule has 6 heteroatoms. The van der Waals surface area contributed by atoms with Crippen LogP contribution in [0.15, 0.2) is 46.9 Å². The van der Waals surface area contributed by atoms with Gasteiger partial charge >= 0.3 is 11.9 Å². The molecule has 5 nitrogen and oxygen atoms in total. The third-order valence-electron chi connectivity index (χ3n) is 3.10. The van der Waals surface area contributed by atoms with Crippen LogP contribution in [0.5, 0.6) is 11.5 Å². The molecule has 0 N–H and O–H groups in total. The average molecular weight is 407 g/mol.